The molecule has 0 N–H and O–H groups in total. The molecule has 1 aliphatic heterocycles. The van der Waals surface area contributed by atoms with E-state index in [2.05, 4.69) is 0 Å². The maximum atomic E-state index is 13.2. The van der Waals surface area contributed by atoms with E-state index in [1.807, 2.05) is 0 Å². The number of rotatable bonds is 4. The summed E-state index contributed by atoms with van der Waals surface area (Å²) in [4.78, 5) is 24.4. The fraction of sp³-hybridized carbons (Fsp3) is 0.333. The molecule has 34 heavy (non-hydrogen) atoms. The van der Waals surface area contributed by atoms with Crippen LogP contribution in [0.4, 0.5) is 44.3 Å². The Morgan fingerprint density at radius 2 is 1.38 bits per heavy atom. The van der Waals surface area contributed by atoms with Crippen LogP contribution >= 0.6 is 0 Å². The first-order chi connectivity index (χ1) is 15.5. The number of cyclic esters (lactones) is 1. The van der Waals surface area contributed by atoms with Crippen molar-refractivity contribution in [3.8, 4) is 0 Å². The third kappa shape index (κ3) is 5.12. The molecule has 2 aromatic rings. The highest BCUT2D eigenvalue weighted by molar-refractivity contribution is 5.78. The summed E-state index contributed by atoms with van der Waals surface area (Å²) in [5.41, 5.74) is -5.34. The number of amides is 1. The molecule has 4 nitrogen and oxygen atoms in total. The van der Waals surface area contributed by atoms with Crippen molar-refractivity contribution in [1.82, 2.24) is 4.90 Å². The summed E-state index contributed by atoms with van der Waals surface area (Å²) < 4.78 is 123. The zero-order valence-electron chi connectivity index (χ0n) is 17.0. The van der Waals surface area contributed by atoms with E-state index >= 15 is 0 Å². The number of aldehydes is 1. The Bertz CT molecular complexity index is 1070. The summed E-state index contributed by atoms with van der Waals surface area (Å²) in [5.74, 6) is 0. The number of benzene rings is 2. The fourth-order valence-corrected chi connectivity index (χ4v) is 3.52. The van der Waals surface area contributed by atoms with Gasteiger partial charge in [-0.2, -0.15) is 39.5 Å². The number of alkyl halides is 9. The van der Waals surface area contributed by atoms with Gasteiger partial charge in [0.15, 0.2) is 0 Å². The van der Waals surface area contributed by atoms with E-state index in [1.54, 1.807) is 0 Å². The first-order valence-corrected chi connectivity index (χ1v) is 9.44. The molecular weight excluding hydrogens is 485 g/mol. The van der Waals surface area contributed by atoms with Gasteiger partial charge in [0.05, 0.1) is 29.3 Å². The topological polar surface area (TPSA) is 46.6 Å². The number of nitrogens with zero attached hydrogens (tertiary/aromatic N) is 1. The minimum Gasteiger partial charge on any atom is -0.439 e. The lowest BCUT2D eigenvalue weighted by molar-refractivity contribution is -0.143. The summed E-state index contributed by atoms with van der Waals surface area (Å²) >= 11 is 0. The van der Waals surface area contributed by atoms with Crippen LogP contribution in [0.1, 0.15) is 51.2 Å². The van der Waals surface area contributed by atoms with Crippen molar-refractivity contribution < 1.29 is 53.8 Å². The molecule has 2 aromatic carbocycles. The maximum absolute atomic E-state index is 13.2. The molecule has 0 aromatic heterocycles. The molecule has 3 rings (SSSR count). The molecular formula is C21H14F9NO3. The van der Waals surface area contributed by atoms with Crippen molar-refractivity contribution in [2.24, 2.45) is 0 Å². The quantitative estimate of drug-likeness (QED) is 0.350. The van der Waals surface area contributed by atoms with E-state index in [1.165, 1.54) is 6.92 Å². The monoisotopic (exact) mass is 499 g/mol. The predicted molar refractivity (Wildman–Crippen MR) is 97.5 cm³/mol. The molecule has 0 saturated carbocycles. The normalized spacial score (nSPS) is 19.4. The van der Waals surface area contributed by atoms with Gasteiger partial charge in [0, 0.05) is 5.56 Å². The number of carbonyl (C=O) groups excluding carboxylic acids is 2. The molecule has 0 spiro atoms. The highest BCUT2D eigenvalue weighted by atomic mass is 19.4. The molecule has 1 heterocycles. The third-order valence-electron chi connectivity index (χ3n) is 5.27. The van der Waals surface area contributed by atoms with Crippen molar-refractivity contribution in [2.75, 3.05) is 0 Å². The van der Waals surface area contributed by atoms with Crippen LogP contribution in [0.2, 0.25) is 0 Å². The lowest BCUT2D eigenvalue weighted by Gasteiger charge is -2.23. The highest BCUT2D eigenvalue weighted by Gasteiger charge is 2.43. The van der Waals surface area contributed by atoms with Crippen molar-refractivity contribution >= 4 is 12.4 Å². The standard InChI is InChI=1S/C21H14F9NO3/c1-10-17(12-4-15(20(25,26)27)7-16(5-12)21(28,29)30)34-18(33)31(10)8-13-6-14(19(22,23)24)3-2-11(13)9-32/h2-7,9-10,17H,8H2,1H3/t10-,17?/m0/s1. The highest BCUT2D eigenvalue weighted by Crippen LogP contribution is 2.41. The zero-order valence-corrected chi connectivity index (χ0v) is 17.0. The van der Waals surface area contributed by atoms with E-state index in [0.717, 1.165) is 11.0 Å². The Morgan fingerprint density at radius 3 is 1.85 bits per heavy atom. The summed E-state index contributed by atoms with van der Waals surface area (Å²) in [6, 6.07) is 1.74. The van der Waals surface area contributed by atoms with Crippen LogP contribution in [0.3, 0.4) is 0 Å². The molecule has 184 valence electrons. The molecule has 1 fully saturated rings. The van der Waals surface area contributed by atoms with E-state index in [4.69, 9.17) is 4.74 Å². The average molecular weight is 499 g/mol. The van der Waals surface area contributed by atoms with Crippen LogP contribution in [0, 0.1) is 0 Å². The molecule has 0 aliphatic carbocycles. The van der Waals surface area contributed by atoms with Crippen LogP contribution in [-0.2, 0) is 29.8 Å². The zero-order chi connectivity index (χ0) is 25.6. The van der Waals surface area contributed by atoms with E-state index in [-0.39, 0.29) is 23.5 Å². The van der Waals surface area contributed by atoms with Crippen LogP contribution in [0.5, 0.6) is 0 Å². The summed E-state index contributed by atoms with van der Waals surface area (Å²) in [5, 5.41) is 0. The molecule has 1 amide bonds. The van der Waals surface area contributed by atoms with Gasteiger partial charge >= 0.3 is 24.6 Å². The molecule has 0 radical (unpaired) electrons. The number of ether oxygens (including phenoxy) is 1. The van der Waals surface area contributed by atoms with Gasteiger partial charge in [0.1, 0.15) is 12.4 Å². The van der Waals surface area contributed by atoms with Gasteiger partial charge in [0.2, 0.25) is 0 Å². The Kier molecular flexibility index (Phi) is 6.35. The van der Waals surface area contributed by atoms with Crippen molar-refractivity contribution in [2.45, 2.75) is 44.1 Å². The molecule has 0 bridgehead atoms. The predicted octanol–water partition coefficient (Wildman–Crippen LogP) is 6.64. The summed E-state index contributed by atoms with van der Waals surface area (Å²) in [6.07, 6.45) is -17.5. The van der Waals surface area contributed by atoms with Crippen molar-refractivity contribution in [1.29, 1.82) is 0 Å². The lowest BCUT2D eigenvalue weighted by Crippen LogP contribution is -2.32. The van der Waals surface area contributed by atoms with E-state index in [9.17, 15) is 49.1 Å². The molecule has 13 heteroatoms. The smallest absolute Gasteiger partial charge is 0.416 e. The summed E-state index contributed by atoms with van der Waals surface area (Å²) in [6.45, 7) is 0.650. The van der Waals surface area contributed by atoms with Gasteiger partial charge in [-0.3, -0.25) is 9.69 Å². The summed E-state index contributed by atoms with van der Waals surface area (Å²) in [7, 11) is 0. The first kappa shape index (κ1) is 25.4. The molecule has 1 unspecified atom stereocenters. The average Bonchev–Trinajstić information content (AvgIpc) is 2.99. The van der Waals surface area contributed by atoms with Crippen LogP contribution in [0.25, 0.3) is 0 Å². The van der Waals surface area contributed by atoms with Crippen LogP contribution in [0.15, 0.2) is 36.4 Å². The number of carbonyl (C=O) groups is 2. The van der Waals surface area contributed by atoms with E-state index < -0.39 is 65.6 Å². The molecule has 2 atom stereocenters. The molecule has 1 aliphatic rings. The van der Waals surface area contributed by atoms with Gasteiger partial charge < -0.3 is 4.74 Å². The second kappa shape index (κ2) is 8.51. The number of hydrogen-bond acceptors (Lipinski definition) is 3. The second-order valence-corrected chi connectivity index (χ2v) is 7.54. The van der Waals surface area contributed by atoms with Gasteiger partial charge in [-0.25, -0.2) is 4.79 Å². The molecule has 1 saturated heterocycles. The first-order valence-electron chi connectivity index (χ1n) is 9.44. The maximum Gasteiger partial charge on any atom is 0.416 e. The largest absolute Gasteiger partial charge is 0.439 e. The van der Waals surface area contributed by atoms with Gasteiger partial charge in [-0.15, -0.1) is 0 Å². The number of halogens is 9. The van der Waals surface area contributed by atoms with Gasteiger partial charge in [-0.05, 0) is 48.4 Å². The van der Waals surface area contributed by atoms with Crippen LogP contribution in [-0.4, -0.2) is 23.3 Å². The SMILES string of the molecule is C[C@H]1C(c2cc(C(F)(F)F)cc(C(F)(F)F)c2)OC(=O)N1Cc1cc(C(F)(F)F)ccc1C=O. The minimum absolute atomic E-state index is 0.0816. The number of hydrogen-bond donors (Lipinski definition) is 0. The lowest BCUT2D eigenvalue weighted by atomic mass is 9.97. The van der Waals surface area contributed by atoms with E-state index in [0.29, 0.717) is 24.3 Å². The van der Waals surface area contributed by atoms with Crippen molar-refractivity contribution in [3.63, 3.8) is 0 Å². The van der Waals surface area contributed by atoms with Gasteiger partial charge in [0.25, 0.3) is 0 Å². The Hall–Kier alpha value is -3.25. The van der Waals surface area contributed by atoms with Crippen LogP contribution < -0.4 is 0 Å². The van der Waals surface area contributed by atoms with Gasteiger partial charge in [-0.1, -0.05) is 6.07 Å². The Balaban J connectivity index is 1.99. The Labute approximate surface area is 185 Å². The minimum atomic E-state index is -5.13. The fourth-order valence-electron chi connectivity index (χ4n) is 3.52. The van der Waals surface area contributed by atoms with Crippen molar-refractivity contribution in [3.05, 3.63) is 69.8 Å². The third-order valence-corrected chi connectivity index (χ3v) is 5.27. The Morgan fingerprint density at radius 1 is 0.853 bits per heavy atom. The second-order valence-electron chi connectivity index (χ2n) is 7.54.